The van der Waals surface area contributed by atoms with Crippen molar-refractivity contribution in [2.45, 2.75) is 27.2 Å². The smallest absolute Gasteiger partial charge is 0.251 e. The molecule has 1 aliphatic heterocycles. The molecule has 6 heteroatoms. The second-order valence-electron chi connectivity index (χ2n) is 6.53. The number of anilines is 1. The SMILES string of the molecule is CCc1ccc(N2C(=O)C(C=Nc3cc(C)ccc3C)C(=O)NC2=S)cc1. The monoisotopic (exact) mass is 379 g/mol. The summed E-state index contributed by atoms with van der Waals surface area (Å²) in [6.45, 7) is 5.97. The van der Waals surface area contributed by atoms with Crippen molar-refractivity contribution in [3.05, 3.63) is 59.2 Å². The van der Waals surface area contributed by atoms with Crippen molar-refractivity contribution in [1.29, 1.82) is 0 Å². The van der Waals surface area contributed by atoms with Crippen LogP contribution in [0.1, 0.15) is 23.6 Å². The lowest BCUT2D eigenvalue weighted by molar-refractivity contribution is -0.130. The molecule has 1 aliphatic rings. The molecule has 0 radical (unpaired) electrons. The summed E-state index contributed by atoms with van der Waals surface area (Å²) in [6, 6.07) is 13.4. The fourth-order valence-corrected chi connectivity index (χ4v) is 3.16. The molecule has 138 valence electrons. The summed E-state index contributed by atoms with van der Waals surface area (Å²) in [5, 5.41) is 2.69. The summed E-state index contributed by atoms with van der Waals surface area (Å²) in [5.41, 5.74) is 4.56. The van der Waals surface area contributed by atoms with Crippen LogP contribution in [0.15, 0.2) is 47.5 Å². The summed E-state index contributed by atoms with van der Waals surface area (Å²) < 4.78 is 0. The molecule has 1 fully saturated rings. The van der Waals surface area contributed by atoms with Crippen molar-refractivity contribution < 1.29 is 9.59 Å². The maximum Gasteiger partial charge on any atom is 0.251 e. The molecule has 0 bridgehead atoms. The van der Waals surface area contributed by atoms with Crippen molar-refractivity contribution >= 4 is 46.7 Å². The Hall–Kier alpha value is -2.86. The van der Waals surface area contributed by atoms with Gasteiger partial charge in [0.25, 0.3) is 5.91 Å². The fraction of sp³-hybridized carbons (Fsp3) is 0.238. The molecule has 0 aromatic heterocycles. The van der Waals surface area contributed by atoms with Crippen LogP contribution in [0.4, 0.5) is 11.4 Å². The lowest BCUT2D eigenvalue weighted by Gasteiger charge is -2.31. The molecule has 1 unspecified atom stereocenters. The van der Waals surface area contributed by atoms with E-state index in [1.165, 1.54) is 11.1 Å². The van der Waals surface area contributed by atoms with Gasteiger partial charge < -0.3 is 5.32 Å². The van der Waals surface area contributed by atoms with Gasteiger partial charge in [-0.05, 0) is 67.4 Å². The Morgan fingerprint density at radius 2 is 1.85 bits per heavy atom. The minimum absolute atomic E-state index is 0.0886. The Labute approximate surface area is 164 Å². The first-order chi connectivity index (χ1) is 12.9. The second-order valence-corrected chi connectivity index (χ2v) is 6.92. The molecule has 5 nitrogen and oxygen atoms in total. The minimum Gasteiger partial charge on any atom is -0.301 e. The molecule has 3 rings (SSSR count). The van der Waals surface area contributed by atoms with Crippen molar-refractivity contribution in [2.75, 3.05) is 4.90 Å². The summed E-state index contributed by atoms with van der Waals surface area (Å²) in [6.07, 6.45) is 2.30. The van der Waals surface area contributed by atoms with Crippen LogP contribution in [0.5, 0.6) is 0 Å². The Bertz CT molecular complexity index is 935. The van der Waals surface area contributed by atoms with E-state index >= 15 is 0 Å². The van der Waals surface area contributed by atoms with Gasteiger partial charge in [-0.1, -0.05) is 31.2 Å². The molecular weight excluding hydrogens is 358 g/mol. The van der Waals surface area contributed by atoms with Gasteiger partial charge in [-0.3, -0.25) is 19.5 Å². The fourth-order valence-electron chi connectivity index (χ4n) is 2.86. The van der Waals surface area contributed by atoms with Crippen LogP contribution in [-0.4, -0.2) is 23.1 Å². The van der Waals surface area contributed by atoms with Gasteiger partial charge in [0.15, 0.2) is 11.0 Å². The molecule has 2 aromatic rings. The molecular formula is C21H21N3O2S. The number of nitrogens with one attached hydrogen (secondary N) is 1. The molecule has 1 N–H and O–H groups in total. The van der Waals surface area contributed by atoms with E-state index in [-0.39, 0.29) is 5.11 Å². The predicted molar refractivity (Wildman–Crippen MR) is 112 cm³/mol. The van der Waals surface area contributed by atoms with Gasteiger partial charge in [-0.15, -0.1) is 0 Å². The highest BCUT2D eigenvalue weighted by atomic mass is 32.1. The van der Waals surface area contributed by atoms with E-state index in [4.69, 9.17) is 12.2 Å². The van der Waals surface area contributed by atoms with E-state index in [1.54, 1.807) is 0 Å². The number of thiocarbonyl (C=S) groups is 1. The number of amides is 2. The number of aliphatic imine (C=N–C) groups is 1. The highest BCUT2D eigenvalue weighted by molar-refractivity contribution is 7.80. The average Bonchev–Trinajstić information content (AvgIpc) is 2.64. The van der Waals surface area contributed by atoms with Crippen LogP contribution in [-0.2, 0) is 16.0 Å². The lowest BCUT2D eigenvalue weighted by Crippen LogP contribution is -2.58. The third kappa shape index (κ3) is 3.95. The topological polar surface area (TPSA) is 61.8 Å². The molecule has 0 aliphatic carbocycles. The van der Waals surface area contributed by atoms with Crippen LogP contribution in [0.2, 0.25) is 0 Å². The summed E-state index contributed by atoms with van der Waals surface area (Å²) >= 11 is 5.22. The zero-order chi connectivity index (χ0) is 19.6. The normalized spacial score (nSPS) is 17.5. The van der Waals surface area contributed by atoms with Crippen LogP contribution < -0.4 is 10.2 Å². The van der Waals surface area contributed by atoms with Gasteiger partial charge in [-0.2, -0.15) is 0 Å². The van der Waals surface area contributed by atoms with Gasteiger partial charge in [0.2, 0.25) is 5.91 Å². The predicted octanol–water partition coefficient (Wildman–Crippen LogP) is 3.63. The number of nitrogens with zero attached hydrogens (tertiary/aromatic N) is 2. The van der Waals surface area contributed by atoms with E-state index in [0.717, 1.165) is 28.8 Å². The van der Waals surface area contributed by atoms with Gasteiger partial charge in [-0.25, -0.2) is 0 Å². The van der Waals surface area contributed by atoms with E-state index in [1.807, 2.05) is 56.3 Å². The second kappa shape index (κ2) is 7.80. The van der Waals surface area contributed by atoms with Crippen LogP contribution >= 0.6 is 12.2 Å². The number of hydrogen-bond donors (Lipinski definition) is 1. The summed E-state index contributed by atoms with van der Waals surface area (Å²) in [5.74, 6) is -1.88. The highest BCUT2D eigenvalue weighted by Crippen LogP contribution is 2.23. The van der Waals surface area contributed by atoms with Crippen molar-refractivity contribution in [1.82, 2.24) is 5.32 Å². The maximum absolute atomic E-state index is 13.0. The maximum atomic E-state index is 13.0. The molecule has 27 heavy (non-hydrogen) atoms. The third-order valence-corrected chi connectivity index (χ3v) is 4.82. The minimum atomic E-state index is -1.03. The van der Waals surface area contributed by atoms with E-state index in [9.17, 15) is 9.59 Å². The van der Waals surface area contributed by atoms with Crippen LogP contribution in [0, 0.1) is 19.8 Å². The van der Waals surface area contributed by atoms with Gasteiger partial charge >= 0.3 is 0 Å². The van der Waals surface area contributed by atoms with Gasteiger partial charge in [0.1, 0.15) is 0 Å². The molecule has 2 amide bonds. The van der Waals surface area contributed by atoms with Crippen molar-refractivity contribution in [2.24, 2.45) is 10.9 Å². The standard InChI is InChI=1S/C21H21N3O2S/c1-4-15-7-9-16(10-8-15)24-20(26)17(19(25)23-21(24)27)12-22-18-11-13(2)5-6-14(18)3/h5-12,17H,4H2,1-3H3,(H,23,25,27). The molecule has 0 saturated carbocycles. The first-order valence-electron chi connectivity index (χ1n) is 8.80. The van der Waals surface area contributed by atoms with Gasteiger partial charge in [0.05, 0.1) is 11.4 Å². The van der Waals surface area contributed by atoms with E-state index < -0.39 is 17.7 Å². The van der Waals surface area contributed by atoms with Crippen LogP contribution in [0.25, 0.3) is 0 Å². The van der Waals surface area contributed by atoms with E-state index in [2.05, 4.69) is 17.2 Å². The van der Waals surface area contributed by atoms with Crippen LogP contribution in [0.3, 0.4) is 0 Å². The Balaban J connectivity index is 1.90. The molecule has 0 spiro atoms. The quantitative estimate of drug-likeness (QED) is 0.501. The Morgan fingerprint density at radius 3 is 2.52 bits per heavy atom. The summed E-state index contributed by atoms with van der Waals surface area (Å²) in [4.78, 5) is 31.0. The lowest BCUT2D eigenvalue weighted by atomic mass is 10.0. The highest BCUT2D eigenvalue weighted by Gasteiger charge is 2.38. The number of aryl methyl sites for hydroxylation is 3. The van der Waals surface area contributed by atoms with Gasteiger partial charge in [0, 0.05) is 6.21 Å². The molecule has 1 heterocycles. The van der Waals surface area contributed by atoms with Crippen molar-refractivity contribution in [3.8, 4) is 0 Å². The Kier molecular flexibility index (Phi) is 5.46. The number of hydrogen-bond acceptors (Lipinski definition) is 4. The van der Waals surface area contributed by atoms with E-state index in [0.29, 0.717) is 5.69 Å². The number of rotatable bonds is 4. The zero-order valence-corrected chi connectivity index (χ0v) is 16.3. The number of carbonyl (C=O) groups is 2. The number of carbonyl (C=O) groups excluding carboxylic acids is 2. The molecule has 1 atom stereocenters. The number of benzene rings is 2. The Morgan fingerprint density at radius 1 is 1.15 bits per heavy atom. The summed E-state index contributed by atoms with van der Waals surface area (Å²) in [7, 11) is 0. The first kappa shape index (κ1) is 18.9. The van der Waals surface area contributed by atoms with Crippen molar-refractivity contribution in [3.63, 3.8) is 0 Å². The molecule has 2 aromatic carbocycles. The first-order valence-corrected chi connectivity index (χ1v) is 9.20. The zero-order valence-electron chi connectivity index (χ0n) is 15.5. The largest absolute Gasteiger partial charge is 0.301 e. The molecule has 1 saturated heterocycles. The average molecular weight is 379 g/mol. The third-order valence-electron chi connectivity index (χ3n) is 4.53.